The maximum atomic E-state index is 11.2. The Hall–Kier alpha value is -0.310. The van der Waals surface area contributed by atoms with Gasteiger partial charge in [0, 0.05) is 19.6 Å². The predicted molar refractivity (Wildman–Crippen MR) is 74.4 cm³/mol. The highest BCUT2D eigenvalue weighted by atomic mass is 32.2. The number of rotatable bonds is 11. The van der Waals surface area contributed by atoms with Gasteiger partial charge in [0.2, 0.25) is 0 Å². The summed E-state index contributed by atoms with van der Waals surface area (Å²) < 4.78 is 83.3. The Labute approximate surface area is 125 Å². The fourth-order valence-electron chi connectivity index (χ4n) is 1.23. The van der Waals surface area contributed by atoms with Crippen molar-refractivity contribution in [2.75, 3.05) is 51.1 Å². The molecule has 0 aliphatic carbocycles. The molecular formula is C8H19NO9S3. The highest BCUT2D eigenvalue weighted by Crippen LogP contribution is 1.99. The third-order valence-electron chi connectivity index (χ3n) is 2.49. The first kappa shape index (κ1) is 20.7. The van der Waals surface area contributed by atoms with Crippen LogP contribution >= 0.6 is 0 Å². The lowest BCUT2D eigenvalue weighted by atomic mass is 10.5. The van der Waals surface area contributed by atoms with Gasteiger partial charge in [-0.2, -0.15) is 25.3 Å². The summed E-state index contributed by atoms with van der Waals surface area (Å²) in [5, 5.41) is 0. The number of hydrogen-bond acceptors (Lipinski definition) is 9. The third-order valence-corrected chi connectivity index (χ3v) is 5.57. The summed E-state index contributed by atoms with van der Waals surface area (Å²) in [6.45, 7) is -0.521. The van der Waals surface area contributed by atoms with Gasteiger partial charge in [-0.1, -0.05) is 0 Å². The van der Waals surface area contributed by atoms with Gasteiger partial charge in [0.1, 0.15) is 0 Å². The summed E-state index contributed by atoms with van der Waals surface area (Å²) in [7, 11) is -9.81. The van der Waals surface area contributed by atoms with Crippen LogP contribution in [0.2, 0.25) is 0 Å². The molecule has 0 aromatic heterocycles. The van der Waals surface area contributed by atoms with Crippen LogP contribution in [0.3, 0.4) is 0 Å². The van der Waals surface area contributed by atoms with Crippen LogP contribution in [-0.4, -0.2) is 85.8 Å². The molecule has 0 rings (SSSR count). The summed E-state index contributed by atoms with van der Waals surface area (Å²) in [6, 6.07) is 0. The highest BCUT2D eigenvalue weighted by Gasteiger charge is 2.18. The van der Waals surface area contributed by atoms with Crippen molar-refractivity contribution in [2.24, 2.45) is 0 Å². The van der Waals surface area contributed by atoms with Crippen molar-refractivity contribution >= 4 is 30.4 Å². The monoisotopic (exact) mass is 369 g/mol. The fraction of sp³-hybridized carbons (Fsp3) is 1.00. The standard InChI is InChI=1S/C8H19NO9S3/c1-17-20(13,14)7-4-9(3-6-19(10,11)12)5-8-21(15,16)18-2/h3-8H2,1-2H3,(H,10,11,12). The fourth-order valence-corrected chi connectivity index (χ4v) is 3.01. The second kappa shape index (κ2) is 8.36. The van der Waals surface area contributed by atoms with E-state index >= 15 is 0 Å². The van der Waals surface area contributed by atoms with Crippen molar-refractivity contribution in [2.45, 2.75) is 0 Å². The molecule has 0 atom stereocenters. The van der Waals surface area contributed by atoms with E-state index in [0.717, 1.165) is 14.2 Å². The molecule has 0 radical (unpaired) electrons. The quantitative estimate of drug-likeness (QED) is 0.325. The van der Waals surface area contributed by atoms with Crippen molar-refractivity contribution < 1.29 is 38.2 Å². The van der Waals surface area contributed by atoms with E-state index in [0.29, 0.717) is 0 Å². The minimum Gasteiger partial charge on any atom is -0.300 e. The van der Waals surface area contributed by atoms with E-state index in [2.05, 4.69) is 8.37 Å². The maximum Gasteiger partial charge on any atom is 0.268 e. The van der Waals surface area contributed by atoms with Crippen LogP contribution in [0.5, 0.6) is 0 Å². The predicted octanol–water partition coefficient (Wildman–Crippen LogP) is -1.87. The first-order valence-corrected chi connectivity index (χ1v) is 10.4. The van der Waals surface area contributed by atoms with Crippen molar-refractivity contribution in [3.8, 4) is 0 Å². The SMILES string of the molecule is COS(=O)(=O)CCN(CCS(=O)(=O)O)CCS(=O)(=O)OC. The zero-order chi connectivity index (χ0) is 16.7. The molecule has 1 N–H and O–H groups in total. The number of hydrogen-bond donors (Lipinski definition) is 1. The van der Waals surface area contributed by atoms with Crippen LogP contribution in [0.15, 0.2) is 0 Å². The minimum absolute atomic E-state index is 0.148. The zero-order valence-corrected chi connectivity index (χ0v) is 14.1. The maximum absolute atomic E-state index is 11.2. The molecule has 0 saturated heterocycles. The second-order valence-corrected chi connectivity index (χ2v) is 9.27. The Morgan fingerprint density at radius 3 is 1.38 bits per heavy atom. The molecule has 0 aliphatic heterocycles. The molecule has 0 aromatic rings. The van der Waals surface area contributed by atoms with Crippen LogP contribution in [0, 0.1) is 0 Å². The largest absolute Gasteiger partial charge is 0.300 e. The Balaban J connectivity index is 4.69. The first-order chi connectivity index (χ1) is 9.41. The molecule has 0 aliphatic rings. The summed E-state index contributed by atoms with van der Waals surface area (Å²) in [4.78, 5) is 1.26. The van der Waals surface area contributed by atoms with Gasteiger partial charge in [-0.15, -0.1) is 0 Å². The van der Waals surface area contributed by atoms with Gasteiger partial charge >= 0.3 is 0 Å². The van der Waals surface area contributed by atoms with Crippen LogP contribution in [0.25, 0.3) is 0 Å². The summed E-state index contributed by atoms with van der Waals surface area (Å²) in [6.07, 6.45) is 0. The number of nitrogens with zero attached hydrogens (tertiary/aromatic N) is 1. The average Bonchev–Trinajstić information content (AvgIpc) is 2.36. The van der Waals surface area contributed by atoms with E-state index in [4.69, 9.17) is 4.55 Å². The molecule has 10 nitrogen and oxygen atoms in total. The smallest absolute Gasteiger partial charge is 0.268 e. The molecule has 0 unspecified atom stereocenters. The van der Waals surface area contributed by atoms with Crippen LogP contribution in [-0.2, 0) is 38.7 Å². The Morgan fingerprint density at radius 2 is 1.10 bits per heavy atom. The van der Waals surface area contributed by atoms with E-state index in [1.807, 2.05) is 0 Å². The van der Waals surface area contributed by atoms with Crippen molar-refractivity contribution in [1.29, 1.82) is 0 Å². The third kappa shape index (κ3) is 11.0. The van der Waals surface area contributed by atoms with E-state index < -0.39 is 47.6 Å². The summed E-state index contributed by atoms with van der Waals surface area (Å²) in [5.41, 5.74) is 0. The Kier molecular flexibility index (Phi) is 8.23. The van der Waals surface area contributed by atoms with Gasteiger partial charge in [-0.05, 0) is 0 Å². The molecule has 0 aromatic carbocycles. The minimum atomic E-state index is -4.24. The molecule has 0 heterocycles. The molecule has 0 saturated carbocycles. The highest BCUT2D eigenvalue weighted by molar-refractivity contribution is 7.87. The van der Waals surface area contributed by atoms with E-state index in [9.17, 15) is 25.3 Å². The van der Waals surface area contributed by atoms with Crippen molar-refractivity contribution in [1.82, 2.24) is 4.90 Å². The molecule has 21 heavy (non-hydrogen) atoms. The lowest BCUT2D eigenvalue weighted by Gasteiger charge is -2.20. The van der Waals surface area contributed by atoms with Crippen LogP contribution < -0.4 is 0 Å². The van der Waals surface area contributed by atoms with E-state index in [1.54, 1.807) is 0 Å². The molecule has 0 amide bonds. The van der Waals surface area contributed by atoms with E-state index in [1.165, 1.54) is 4.90 Å². The van der Waals surface area contributed by atoms with Crippen molar-refractivity contribution in [3.63, 3.8) is 0 Å². The Morgan fingerprint density at radius 1 is 0.762 bits per heavy atom. The Bertz CT molecular complexity index is 569. The van der Waals surface area contributed by atoms with Gasteiger partial charge < -0.3 is 4.90 Å². The van der Waals surface area contributed by atoms with Gasteiger partial charge in [0.15, 0.2) is 0 Å². The zero-order valence-electron chi connectivity index (χ0n) is 11.6. The summed E-state index contributed by atoms with van der Waals surface area (Å²) >= 11 is 0. The molecular weight excluding hydrogens is 350 g/mol. The molecule has 0 spiro atoms. The van der Waals surface area contributed by atoms with Gasteiger partial charge in [-0.3, -0.25) is 12.9 Å². The second-order valence-electron chi connectivity index (χ2n) is 3.98. The lowest BCUT2D eigenvalue weighted by Crippen LogP contribution is -2.37. The van der Waals surface area contributed by atoms with Gasteiger partial charge in [0.25, 0.3) is 30.4 Å². The van der Waals surface area contributed by atoms with Crippen LogP contribution in [0.4, 0.5) is 0 Å². The molecule has 13 heteroatoms. The van der Waals surface area contributed by atoms with E-state index in [-0.39, 0.29) is 19.6 Å². The molecule has 0 fully saturated rings. The topological polar surface area (TPSA) is 144 Å². The lowest BCUT2D eigenvalue weighted by molar-refractivity contribution is 0.307. The molecule has 0 bridgehead atoms. The van der Waals surface area contributed by atoms with Crippen LogP contribution in [0.1, 0.15) is 0 Å². The van der Waals surface area contributed by atoms with Gasteiger partial charge in [-0.25, -0.2) is 0 Å². The van der Waals surface area contributed by atoms with Gasteiger partial charge in [0.05, 0.1) is 31.5 Å². The first-order valence-electron chi connectivity index (χ1n) is 5.65. The molecule has 128 valence electrons. The average molecular weight is 369 g/mol. The normalized spacial score (nSPS) is 13.7. The summed E-state index contributed by atoms with van der Waals surface area (Å²) in [5.74, 6) is -1.53. The van der Waals surface area contributed by atoms with Crippen molar-refractivity contribution in [3.05, 3.63) is 0 Å².